The molecule has 0 spiro atoms. The van der Waals surface area contributed by atoms with Gasteiger partial charge in [-0.3, -0.25) is 0 Å². The zero-order valence-corrected chi connectivity index (χ0v) is 9.36. The molecule has 0 amide bonds. The molecule has 4 nitrogen and oxygen atoms in total. The third-order valence-corrected chi connectivity index (χ3v) is 2.66. The summed E-state index contributed by atoms with van der Waals surface area (Å²) in [5, 5.41) is 0. The molecule has 1 heterocycles. The van der Waals surface area contributed by atoms with E-state index < -0.39 is 5.79 Å². The fourth-order valence-corrected chi connectivity index (χ4v) is 1.84. The largest absolute Gasteiger partial charge is 0.465 e. The van der Waals surface area contributed by atoms with Gasteiger partial charge in [0.15, 0.2) is 5.79 Å². The molecular formula is C12H14O4. The third kappa shape index (κ3) is 1.81. The topological polar surface area (TPSA) is 44.8 Å². The lowest BCUT2D eigenvalue weighted by Gasteiger charge is -2.24. The summed E-state index contributed by atoms with van der Waals surface area (Å²) in [7, 11) is 1.36. The van der Waals surface area contributed by atoms with Crippen molar-refractivity contribution in [3.8, 4) is 0 Å². The third-order valence-electron chi connectivity index (χ3n) is 2.66. The molecule has 1 saturated heterocycles. The van der Waals surface area contributed by atoms with Gasteiger partial charge in [0, 0.05) is 5.56 Å². The number of carbonyl (C=O) groups is 1. The number of hydrogen-bond donors (Lipinski definition) is 0. The number of methoxy groups -OCH3 is 1. The van der Waals surface area contributed by atoms with E-state index in [0.29, 0.717) is 24.3 Å². The van der Waals surface area contributed by atoms with Gasteiger partial charge in [0.1, 0.15) is 0 Å². The maximum absolute atomic E-state index is 11.6. The molecule has 0 N–H and O–H groups in total. The fraction of sp³-hybridized carbons (Fsp3) is 0.417. The predicted octanol–water partition coefficient (Wildman–Crippen LogP) is 1.69. The first-order valence-electron chi connectivity index (χ1n) is 5.13. The SMILES string of the molecule is COC(=O)c1ccccc1C1(C)OCCO1. The molecular weight excluding hydrogens is 208 g/mol. The van der Waals surface area contributed by atoms with Gasteiger partial charge in [0.25, 0.3) is 0 Å². The first kappa shape index (κ1) is 11.1. The molecule has 16 heavy (non-hydrogen) atoms. The summed E-state index contributed by atoms with van der Waals surface area (Å²) in [6, 6.07) is 7.15. The van der Waals surface area contributed by atoms with Crippen LogP contribution in [0.4, 0.5) is 0 Å². The lowest BCUT2D eigenvalue weighted by molar-refractivity contribution is -0.150. The van der Waals surface area contributed by atoms with Crippen molar-refractivity contribution >= 4 is 5.97 Å². The highest BCUT2D eigenvalue weighted by Gasteiger charge is 2.36. The Balaban J connectivity index is 2.43. The van der Waals surface area contributed by atoms with Crippen LogP contribution in [0.15, 0.2) is 24.3 Å². The van der Waals surface area contributed by atoms with Crippen LogP contribution < -0.4 is 0 Å². The molecule has 2 rings (SSSR count). The number of rotatable bonds is 2. The van der Waals surface area contributed by atoms with E-state index in [-0.39, 0.29) is 5.97 Å². The number of ether oxygens (including phenoxy) is 3. The molecule has 1 aromatic carbocycles. The van der Waals surface area contributed by atoms with Crippen molar-refractivity contribution in [3.63, 3.8) is 0 Å². The summed E-state index contributed by atoms with van der Waals surface area (Å²) in [6.07, 6.45) is 0. The normalized spacial score (nSPS) is 18.4. The van der Waals surface area contributed by atoms with Gasteiger partial charge < -0.3 is 14.2 Å². The Labute approximate surface area is 94.1 Å². The van der Waals surface area contributed by atoms with Crippen LogP contribution in [0.25, 0.3) is 0 Å². The molecule has 1 aliphatic rings. The minimum Gasteiger partial charge on any atom is -0.465 e. The Morgan fingerprint density at radius 1 is 1.31 bits per heavy atom. The van der Waals surface area contributed by atoms with Crippen LogP contribution in [-0.4, -0.2) is 26.3 Å². The van der Waals surface area contributed by atoms with Gasteiger partial charge in [0.2, 0.25) is 0 Å². The summed E-state index contributed by atoms with van der Waals surface area (Å²) < 4.78 is 15.8. The summed E-state index contributed by atoms with van der Waals surface area (Å²) in [5.41, 5.74) is 1.19. The zero-order valence-electron chi connectivity index (χ0n) is 9.36. The Morgan fingerprint density at radius 2 is 1.94 bits per heavy atom. The minimum absolute atomic E-state index is 0.379. The molecule has 1 aromatic rings. The molecule has 0 bridgehead atoms. The van der Waals surface area contributed by atoms with Crippen LogP contribution in [-0.2, 0) is 20.0 Å². The molecule has 4 heteroatoms. The van der Waals surface area contributed by atoms with Crippen LogP contribution >= 0.6 is 0 Å². The highest BCUT2D eigenvalue weighted by molar-refractivity contribution is 5.91. The standard InChI is InChI=1S/C12H14O4/c1-12(15-7-8-16-12)10-6-4-3-5-9(10)11(13)14-2/h3-6H,7-8H2,1-2H3. The van der Waals surface area contributed by atoms with Crippen molar-refractivity contribution in [3.05, 3.63) is 35.4 Å². The van der Waals surface area contributed by atoms with Crippen molar-refractivity contribution < 1.29 is 19.0 Å². The van der Waals surface area contributed by atoms with Gasteiger partial charge in [-0.2, -0.15) is 0 Å². The maximum atomic E-state index is 11.6. The highest BCUT2D eigenvalue weighted by atomic mass is 16.7. The number of carbonyl (C=O) groups excluding carboxylic acids is 1. The van der Waals surface area contributed by atoms with Crippen LogP contribution in [0.1, 0.15) is 22.8 Å². The van der Waals surface area contributed by atoms with Crippen molar-refractivity contribution in [1.82, 2.24) is 0 Å². The molecule has 0 atom stereocenters. The lowest BCUT2D eigenvalue weighted by Crippen LogP contribution is -2.25. The Kier molecular flexibility index (Phi) is 2.94. The van der Waals surface area contributed by atoms with Crippen LogP contribution in [0.2, 0.25) is 0 Å². The summed E-state index contributed by atoms with van der Waals surface area (Å²) in [4.78, 5) is 11.6. The molecule has 0 unspecified atom stereocenters. The average molecular weight is 222 g/mol. The Bertz CT molecular complexity index is 394. The van der Waals surface area contributed by atoms with Crippen LogP contribution in [0, 0.1) is 0 Å². The Hall–Kier alpha value is -1.39. The maximum Gasteiger partial charge on any atom is 0.338 e. The van der Waals surface area contributed by atoms with Gasteiger partial charge in [0.05, 0.1) is 25.9 Å². The van der Waals surface area contributed by atoms with E-state index in [2.05, 4.69) is 0 Å². The summed E-state index contributed by atoms with van der Waals surface area (Å²) in [5.74, 6) is -1.22. The number of esters is 1. The van der Waals surface area contributed by atoms with Gasteiger partial charge >= 0.3 is 5.97 Å². The van der Waals surface area contributed by atoms with E-state index in [1.54, 1.807) is 12.1 Å². The molecule has 86 valence electrons. The number of hydrogen-bond acceptors (Lipinski definition) is 4. The van der Waals surface area contributed by atoms with Crippen molar-refractivity contribution in [2.45, 2.75) is 12.7 Å². The quantitative estimate of drug-likeness (QED) is 0.714. The lowest BCUT2D eigenvalue weighted by atomic mass is 10.0. The predicted molar refractivity (Wildman–Crippen MR) is 57.0 cm³/mol. The summed E-state index contributed by atoms with van der Waals surface area (Å²) in [6.45, 7) is 2.87. The highest BCUT2D eigenvalue weighted by Crippen LogP contribution is 2.33. The second-order valence-corrected chi connectivity index (χ2v) is 3.68. The van der Waals surface area contributed by atoms with Gasteiger partial charge in [-0.25, -0.2) is 4.79 Å². The monoisotopic (exact) mass is 222 g/mol. The zero-order chi connectivity index (χ0) is 11.6. The Morgan fingerprint density at radius 3 is 2.56 bits per heavy atom. The molecule has 0 aromatic heterocycles. The second-order valence-electron chi connectivity index (χ2n) is 3.68. The van der Waals surface area contributed by atoms with E-state index >= 15 is 0 Å². The average Bonchev–Trinajstić information content (AvgIpc) is 2.76. The molecule has 1 fully saturated rings. The second kappa shape index (κ2) is 4.23. The molecule has 0 saturated carbocycles. The van der Waals surface area contributed by atoms with Gasteiger partial charge in [-0.15, -0.1) is 0 Å². The summed E-state index contributed by atoms with van der Waals surface area (Å²) >= 11 is 0. The first-order valence-corrected chi connectivity index (χ1v) is 5.13. The molecule has 0 radical (unpaired) electrons. The fourth-order valence-electron chi connectivity index (χ4n) is 1.84. The van der Waals surface area contributed by atoms with Gasteiger partial charge in [-0.1, -0.05) is 18.2 Å². The van der Waals surface area contributed by atoms with Crippen molar-refractivity contribution in [1.29, 1.82) is 0 Å². The first-order chi connectivity index (χ1) is 7.67. The van der Waals surface area contributed by atoms with E-state index in [9.17, 15) is 4.79 Å². The van der Waals surface area contributed by atoms with Crippen molar-refractivity contribution in [2.24, 2.45) is 0 Å². The molecule has 0 aliphatic carbocycles. The van der Waals surface area contributed by atoms with Crippen molar-refractivity contribution in [2.75, 3.05) is 20.3 Å². The van der Waals surface area contributed by atoms with E-state index in [4.69, 9.17) is 14.2 Å². The van der Waals surface area contributed by atoms with E-state index in [1.165, 1.54) is 7.11 Å². The van der Waals surface area contributed by atoms with Gasteiger partial charge in [-0.05, 0) is 13.0 Å². The van der Waals surface area contributed by atoms with Crippen LogP contribution in [0.5, 0.6) is 0 Å². The van der Waals surface area contributed by atoms with E-state index in [1.807, 2.05) is 19.1 Å². The van der Waals surface area contributed by atoms with E-state index in [0.717, 1.165) is 0 Å². The minimum atomic E-state index is -0.842. The van der Waals surface area contributed by atoms with Crippen LogP contribution in [0.3, 0.4) is 0 Å². The number of benzene rings is 1. The molecule has 1 aliphatic heterocycles. The smallest absolute Gasteiger partial charge is 0.338 e.